The number of benzene rings is 2. The molecule has 0 atom stereocenters. The van der Waals surface area contributed by atoms with Crippen LogP contribution in [0.3, 0.4) is 0 Å². The Hall–Kier alpha value is -2.99. The highest BCUT2D eigenvalue weighted by molar-refractivity contribution is 6.32. The van der Waals surface area contributed by atoms with Gasteiger partial charge in [0.1, 0.15) is 0 Å². The van der Waals surface area contributed by atoms with Crippen LogP contribution in [0.4, 0.5) is 5.69 Å². The number of esters is 1. The van der Waals surface area contributed by atoms with Gasteiger partial charge in [0.05, 0.1) is 18.7 Å². The van der Waals surface area contributed by atoms with Crippen molar-refractivity contribution in [2.45, 2.75) is 20.8 Å². The van der Waals surface area contributed by atoms with E-state index in [0.717, 1.165) is 11.1 Å². The number of hydrogen-bond acceptors (Lipinski definition) is 5. The van der Waals surface area contributed by atoms with Gasteiger partial charge in [-0.1, -0.05) is 17.7 Å². The molecule has 2 aromatic rings. The monoisotopic (exact) mass is 417 g/mol. The number of amides is 1. The second-order valence-electron chi connectivity index (χ2n) is 6.33. The van der Waals surface area contributed by atoms with Gasteiger partial charge >= 0.3 is 5.97 Å². The molecular formula is C22H24ClNO5. The molecule has 0 aromatic heterocycles. The highest BCUT2D eigenvalue weighted by atomic mass is 35.5. The Morgan fingerprint density at radius 1 is 1.10 bits per heavy atom. The van der Waals surface area contributed by atoms with E-state index in [2.05, 4.69) is 5.32 Å². The van der Waals surface area contributed by atoms with Crippen LogP contribution in [0.25, 0.3) is 6.08 Å². The number of anilines is 1. The molecule has 0 saturated heterocycles. The first kappa shape index (κ1) is 22.3. The molecule has 1 amide bonds. The fraction of sp³-hybridized carbons (Fsp3) is 0.273. The average Bonchev–Trinajstić information content (AvgIpc) is 2.65. The maximum absolute atomic E-state index is 12.0. The molecule has 0 aliphatic carbocycles. The van der Waals surface area contributed by atoms with Gasteiger partial charge in [0.2, 0.25) is 0 Å². The van der Waals surface area contributed by atoms with Gasteiger partial charge in [-0.15, -0.1) is 0 Å². The molecule has 7 heteroatoms. The maximum atomic E-state index is 12.0. The topological polar surface area (TPSA) is 73.9 Å². The molecule has 29 heavy (non-hydrogen) atoms. The lowest BCUT2D eigenvalue weighted by atomic mass is 10.1. The van der Waals surface area contributed by atoms with Gasteiger partial charge in [-0.2, -0.15) is 0 Å². The van der Waals surface area contributed by atoms with E-state index in [1.807, 2.05) is 39.0 Å². The van der Waals surface area contributed by atoms with Crippen molar-refractivity contribution in [1.82, 2.24) is 0 Å². The largest absolute Gasteiger partial charge is 0.493 e. The summed E-state index contributed by atoms with van der Waals surface area (Å²) in [7, 11) is 1.50. The molecule has 2 aromatic carbocycles. The Morgan fingerprint density at radius 2 is 1.79 bits per heavy atom. The van der Waals surface area contributed by atoms with E-state index in [1.165, 1.54) is 19.3 Å². The number of carbonyl (C=O) groups excluding carboxylic acids is 2. The zero-order valence-electron chi connectivity index (χ0n) is 16.9. The summed E-state index contributed by atoms with van der Waals surface area (Å²) >= 11 is 6.20. The number of ether oxygens (including phenoxy) is 3. The Bertz CT molecular complexity index is 903. The van der Waals surface area contributed by atoms with Gasteiger partial charge in [-0.3, -0.25) is 4.79 Å². The van der Waals surface area contributed by atoms with Gasteiger partial charge in [0, 0.05) is 11.8 Å². The summed E-state index contributed by atoms with van der Waals surface area (Å²) in [5.41, 5.74) is 3.36. The summed E-state index contributed by atoms with van der Waals surface area (Å²) in [6.07, 6.45) is 2.74. The third-order valence-electron chi connectivity index (χ3n) is 3.80. The lowest BCUT2D eigenvalue weighted by Gasteiger charge is -2.11. The van der Waals surface area contributed by atoms with Crippen LogP contribution < -0.4 is 14.8 Å². The lowest BCUT2D eigenvalue weighted by molar-refractivity contribution is -0.142. The molecule has 6 nitrogen and oxygen atoms in total. The smallest absolute Gasteiger partial charge is 0.331 e. The van der Waals surface area contributed by atoms with E-state index in [0.29, 0.717) is 34.4 Å². The van der Waals surface area contributed by atoms with Crippen molar-refractivity contribution in [1.29, 1.82) is 0 Å². The number of hydrogen-bond donors (Lipinski definition) is 1. The zero-order valence-corrected chi connectivity index (χ0v) is 17.6. The molecule has 1 N–H and O–H groups in total. The SMILES string of the molecule is CCOc1c(Cl)cc(/C=C/C(=O)OCC(=O)Nc2cc(C)cc(C)c2)cc1OC. The molecule has 0 aliphatic heterocycles. The summed E-state index contributed by atoms with van der Waals surface area (Å²) in [6.45, 7) is 5.78. The van der Waals surface area contributed by atoms with Gasteiger partial charge < -0.3 is 19.5 Å². The van der Waals surface area contributed by atoms with Crippen molar-refractivity contribution in [3.63, 3.8) is 0 Å². The third kappa shape index (κ3) is 6.84. The predicted octanol–water partition coefficient (Wildman–Crippen LogP) is 4.56. The molecule has 0 spiro atoms. The second-order valence-corrected chi connectivity index (χ2v) is 6.74. The molecule has 154 valence electrons. The minimum absolute atomic E-state index is 0.368. The Morgan fingerprint density at radius 3 is 2.41 bits per heavy atom. The van der Waals surface area contributed by atoms with Crippen molar-refractivity contribution < 1.29 is 23.8 Å². The van der Waals surface area contributed by atoms with Crippen LogP contribution in [0.15, 0.2) is 36.4 Å². The highest BCUT2D eigenvalue weighted by Crippen LogP contribution is 2.36. The quantitative estimate of drug-likeness (QED) is 0.503. The van der Waals surface area contributed by atoms with Gasteiger partial charge in [0.15, 0.2) is 18.1 Å². The van der Waals surface area contributed by atoms with Crippen LogP contribution in [0.5, 0.6) is 11.5 Å². The summed E-state index contributed by atoms with van der Waals surface area (Å²) in [6, 6.07) is 9.02. The van der Waals surface area contributed by atoms with Crippen LogP contribution >= 0.6 is 11.6 Å². The highest BCUT2D eigenvalue weighted by Gasteiger charge is 2.11. The molecule has 0 heterocycles. The predicted molar refractivity (Wildman–Crippen MR) is 114 cm³/mol. The number of halogens is 1. The minimum Gasteiger partial charge on any atom is -0.493 e. The average molecular weight is 418 g/mol. The summed E-state index contributed by atoms with van der Waals surface area (Å²) < 4.78 is 15.7. The van der Waals surface area contributed by atoms with Crippen LogP contribution in [0.1, 0.15) is 23.6 Å². The van der Waals surface area contributed by atoms with E-state index in [1.54, 1.807) is 12.1 Å². The van der Waals surface area contributed by atoms with Gasteiger partial charge in [-0.25, -0.2) is 4.79 Å². The number of nitrogens with one attached hydrogen (secondary N) is 1. The first-order chi connectivity index (χ1) is 13.8. The molecule has 0 fully saturated rings. The number of rotatable bonds is 8. The second kappa shape index (κ2) is 10.5. The van der Waals surface area contributed by atoms with Gasteiger partial charge in [-0.05, 0) is 67.8 Å². The molecule has 0 unspecified atom stereocenters. The maximum Gasteiger partial charge on any atom is 0.331 e. The van der Waals surface area contributed by atoms with E-state index in [9.17, 15) is 9.59 Å². The van der Waals surface area contributed by atoms with Crippen LogP contribution in [-0.2, 0) is 14.3 Å². The number of aryl methyl sites for hydroxylation is 2. The molecular weight excluding hydrogens is 394 g/mol. The first-order valence-electron chi connectivity index (χ1n) is 9.05. The fourth-order valence-electron chi connectivity index (χ4n) is 2.71. The zero-order chi connectivity index (χ0) is 21.4. The minimum atomic E-state index is -0.649. The normalized spacial score (nSPS) is 10.7. The van der Waals surface area contributed by atoms with Crippen molar-refractivity contribution in [3.8, 4) is 11.5 Å². The molecule has 2 rings (SSSR count). The van der Waals surface area contributed by atoms with E-state index >= 15 is 0 Å². The van der Waals surface area contributed by atoms with Crippen molar-refractivity contribution in [2.24, 2.45) is 0 Å². The standard InChI is InChI=1S/C22H24ClNO5/c1-5-28-22-18(23)11-16(12-19(22)27-4)6-7-21(26)29-13-20(25)24-17-9-14(2)8-15(3)10-17/h6-12H,5,13H2,1-4H3,(H,24,25)/b7-6+. The van der Waals surface area contributed by atoms with E-state index in [-0.39, 0.29) is 6.61 Å². The van der Waals surface area contributed by atoms with E-state index in [4.69, 9.17) is 25.8 Å². The molecule has 0 radical (unpaired) electrons. The molecule has 0 bridgehead atoms. The van der Waals surface area contributed by atoms with Crippen LogP contribution in [-0.4, -0.2) is 32.2 Å². The molecule has 0 aliphatic rings. The fourth-order valence-corrected chi connectivity index (χ4v) is 2.99. The first-order valence-corrected chi connectivity index (χ1v) is 9.43. The van der Waals surface area contributed by atoms with E-state index < -0.39 is 11.9 Å². The van der Waals surface area contributed by atoms with Gasteiger partial charge in [0.25, 0.3) is 5.91 Å². The summed E-state index contributed by atoms with van der Waals surface area (Å²) in [5, 5.41) is 3.07. The Labute approximate surface area is 175 Å². The van der Waals surface area contributed by atoms with Crippen LogP contribution in [0, 0.1) is 13.8 Å². The lowest BCUT2D eigenvalue weighted by Crippen LogP contribution is -2.20. The van der Waals surface area contributed by atoms with Crippen molar-refractivity contribution in [2.75, 3.05) is 25.6 Å². The van der Waals surface area contributed by atoms with Crippen molar-refractivity contribution >= 4 is 35.2 Å². The third-order valence-corrected chi connectivity index (χ3v) is 4.08. The van der Waals surface area contributed by atoms with Crippen molar-refractivity contribution in [3.05, 3.63) is 58.1 Å². The number of methoxy groups -OCH3 is 1. The summed E-state index contributed by atoms with van der Waals surface area (Å²) in [4.78, 5) is 23.9. The number of carbonyl (C=O) groups is 2. The summed E-state index contributed by atoms with van der Waals surface area (Å²) in [5.74, 6) is -0.160. The Balaban J connectivity index is 1.94. The Kier molecular flexibility index (Phi) is 8.09. The van der Waals surface area contributed by atoms with Crippen LogP contribution in [0.2, 0.25) is 5.02 Å². The molecule has 0 saturated carbocycles.